The minimum atomic E-state index is -0.761. The summed E-state index contributed by atoms with van der Waals surface area (Å²) in [4.78, 5) is 38.1. The van der Waals surface area contributed by atoms with Crippen molar-refractivity contribution in [1.29, 1.82) is 0 Å². The Labute approximate surface area is 412 Å². The summed E-state index contributed by atoms with van der Waals surface area (Å²) in [5, 5.41) is 0. The molecule has 0 radical (unpaired) electrons. The second-order valence-electron chi connectivity index (χ2n) is 20.9. The third-order valence-electron chi connectivity index (χ3n) is 14.2. The van der Waals surface area contributed by atoms with Gasteiger partial charge in [0.15, 0.2) is 6.10 Å². The second-order valence-corrected chi connectivity index (χ2v) is 20.9. The van der Waals surface area contributed by atoms with Crippen LogP contribution >= 0.6 is 0 Å². The van der Waals surface area contributed by atoms with Crippen LogP contribution in [0.1, 0.15) is 342 Å². The molecule has 0 aromatic rings. The van der Waals surface area contributed by atoms with Crippen LogP contribution in [0.2, 0.25) is 0 Å². The van der Waals surface area contributed by atoms with Crippen molar-refractivity contribution in [2.45, 2.75) is 348 Å². The summed E-state index contributed by atoms with van der Waals surface area (Å²) in [6, 6.07) is 0. The van der Waals surface area contributed by atoms with Crippen molar-refractivity contribution >= 4 is 17.9 Å². The zero-order valence-electron chi connectivity index (χ0n) is 45.2. The molecule has 0 fully saturated rings. The van der Waals surface area contributed by atoms with Gasteiger partial charge in [-0.15, -0.1) is 0 Å². The maximum absolute atomic E-state index is 12.8. The first-order chi connectivity index (χ1) is 32.4. The van der Waals surface area contributed by atoms with Gasteiger partial charge in [0, 0.05) is 19.3 Å². The molecule has 0 amide bonds. The molecule has 6 heteroatoms. The molecule has 66 heavy (non-hydrogen) atoms. The summed E-state index contributed by atoms with van der Waals surface area (Å²) in [6.07, 6.45) is 59.5. The summed E-state index contributed by atoms with van der Waals surface area (Å²) in [6.45, 7) is 9.11. The Morgan fingerprint density at radius 3 is 0.788 bits per heavy atom. The van der Waals surface area contributed by atoms with Crippen molar-refractivity contribution in [3.63, 3.8) is 0 Å². The predicted molar refractivity (Wildman–Crippen MR) is 284 cm³/mol. The van der Waals surface area contributed by atoms with Gasteiger partial charge in [-0.1, -0.05) is 304 Å². The second kappa shape index (κ2) is 54.4. The Morgan fingerprint density at radius 1 is 0.303 bits per heavy atom. The molecule has 0 aromatic carbocycles. The summed E-state index contributed by atoms with van der Waals surface area (Å²) >= 11 is 0. The number of carbonyl (C=O) groups excluding carboxylic acids is 3. The highest BCUT2D eigenvalue weighted by atomic mass is 16.6. The van der Waals surface area contributed by atoms with E-state index in [2.05, 4.69) is 27.7 Å². The van der Waals surface area contributed by atoms with Gasteiger partial charge in [0.25, 0.3) is 0 Å². The highest BCUT2D eigenvalue weighted by molar-refractivity contribution is 5.71. The number of hydrogen-bond acceptors (Lipinski definition) is 6. The molecule has 0 N–H and O–H groups in total. The molecule has 0 aliphatic carbocycles. The zero-order valence-corrected chi connectivity index (χ0v) is 45.2. The van der Waals surface area contributed by atoms with Crippen molar-refractivity contribution in [2.24, 2.45) is 5.92 Å². The van der Waals surface area contributed by atoms with Crippen LogP contribution in [0.3, 0.4) is 0 Å². The normalized spacial score (nSPS) is 12.4. The lowest BCUT2D eigenvalue weighted by Gasteiger charge is -2.18. The molecule has 0 aromatic heterocycles. The van der Waals surface area contributed by atoms with Crippen LogP contribution in [-0.4, -0.2) is 37.2 Å². The monoisotopic (exact) mass is 933 g/mol. The van der Waals surface area contributed by atoms with E-state index < -0.39 is 6.10 Å². The van der Waals surface area contributed by atoms with Crippen LogP contribution < -0.4 is 0 Å². The standard InChI is InChI=1S/C60H116O6/c1-5-8-10-12-14-16-18-19-24-29-33-37-41-45-49-53-60(63)66-57(54-64-58(61)51-47-43-39-35-30-17-15-13-11-9-6-2)55-65-59(62)52-48-44-40-36-32-28-26-23-21-20-22-25-27-31-34-38-42-46-50-56(4)7-3/h56-57H,5-55H2,1-4H3/t56?,57-/m1/s1. The molecular formula is C60H116O6. The molecule has 392 valence electrons. The van der Waals surface area contributed by atoms with E-state index in [0.717, 1.165) is 63.7 Å². The fourth-order valence-electron chi connectivity index (χ4n) is 9.25. The number of ether oxygens (including phenoxy) is 3. The van der Waals surface area contributed by atoms with Crippen molar-refractivity contribution in [1.82, 2.24) is 0 Å². The highest BCUT2D eigenvalue weighted by Crippen LogP contribution is 2.19. The fourth-order valence-corrected chi connectivity index (χ4v) is 9.25. The first kappa shape index (κ1) is 64.4. The third kappa shape index (κ3) is 51.8. The van der Waals surface area contributed by atoms with Crippen molar-refractivity contribution in [3.05, 3.63) is 0 Å². The summed E-state index contributed by atoms with van der Waals surface area (Å²) < 4.78 is 16.9. The van der Waals surface area contributed by atoms with Gasteiger partial charge in [-0.3, -0.25) is 14.4 Å². The molecule has 2 atom stereocenters. The van der Waals surface area contributed by atoms with Gasteiger partial charge in [-0.25, -0.2) is 0 Å². The molecule has 0 bridgehead atoms. The van der Waals surface area contributed by atoms with Crippen molar-refractivity contribution < 1.29 is 28.6 Å². The first-order valence-corrected chi connectivity index (χ1v) is 29.9. The van der Waals surface area contributed by atoms with E-state index in [1.807, 2.05) is 0 Å². The number of rotatable bonds is 55. The van der Waals surface area contributed by atoms with Crippen LogP contribution in [-0.2, 0) is 28.6 Å². The van der Waals surface area contributed by atoms with Crippen LogP contribution in [0.15, 0.2) is 0 Å². The zero-order chi connectivity index (χ0) is 48.1. The lowest BCUT2D eigenvalue weighted by molar-refractivity contribution is -0.167. The molecule has 0 saturated heterocycles. The van der Waals surface area contributed by atoms with Crippen molar-refractivity contribution in [2.75, 3.05) is 13.2 Å². The average molecular weight is 934 g/mol. The number of unbranched alkanes of at least 4 members (excludes halogenated alkanes) is 41. The third-order valence-corrected chi connectivity index (χ3v) is 14.2. The summed E-state index contributed by atoms with van der Waals surface area (Å²) in [7, 11) is 0. The average Bonchev–Trinajstić information content (AvgIpc) is 3.32. The Hall–Kier alpha value is -1.59. The van der Waals surface area contributed by atoms with E-state index in [0.29, 0.717) is 19.3 Å². The van der Waals surface area contributed by atoms with E-state index in [1.54, 1.807) is 0 Å². The molecule has 0 aliphatic rings. The SMILES string of the molecule is CCCCCCCCCCCCCCCCCC(=O)O[C@H](COC(=O)CCCCCCCCCCCCC)COC(=O)CCCCCCCCCCCCCCCCCCCCC(C)CC. The van der Waals surface area contributed by atoms with E-state index >= 15 is 0 Å². The molecule has 0 saturated carbocycles. The molecular weight excluding hydrogens is 817 g/mol. The molecule has 0 spiro atoms. The predicted octanol–water partition coefficient (Wildman–Crippen LogP) is 19.8. The maximum atomic E-state index is 12.8. The van der Waals surface area contributed by atoms with E-state index in [4.69, 9.17) is 14.2 Å². The smallest absolute Gasteiger partial charge is 0.306 e. The van der Waals surface area contributed by atoms with Gasteiger partial charge in [0.05, 0.1) is 0 Å². The quantitative estimate of drug-likeness (QED) is 0.0343. The number of esters is 3. The van der Waals surface area contributed by atoms with E-state index in [9.17, 15) is 14.4 Å². The maximum Gasteiger partial charge on any atom is 0.306 e. The van der Waals surface area contributed by atoms with Gasteiger partial charge < -0.3 is 14.2 Å². The summed E-state index contributed by atoms with van der Waals surface area (Å²) in [5.74, 6) is 0.0757. The van der Waals surface area contributed by atoms with Crippen LogP contribution in [0.4, 0.5) is 0 Å². The Bertz CT molecular complexity index is 998. The molecule has 0 heterocycles. The Kier molecular flexibility index (Phi) is 53.0. The van der Waals surface area contributed by atoms with Crippen LogP contribution in [0, 0.1) is 5.92 Å². The highest BCUT2D eigenvalue weighted by Gasteiger charge is 2.19. The molecule has 1 unspecified atom stereocenters. The largest absolute Gasteiger partial charge is 0.462 e. The van der Waals surface area contributed by atoms with Gasteiger partial charge in [-0.2, -0.15) is 0 Å². The van der Waals surface area contributed by atoms with E-state index in [-0.39, 0.29) is 31.1 Å². The lowest BCUT2D eigenvalue weighted by Crippen LogP contribution is -2.30. The lowest BCUT2D eigenvalue weighted by atomic mass is 9.99. The Balaban J connectivity index is 4.20. The van der Waals surface area contributed by atoms with Crippen LogP contribution in [0.25, 0.3) is 0 Å². The van der Waals surface area contributed by atoms with Gasteiger partial charge >= 0.3 is 17.9 Å². The first-order valence-electron chi connectivity index (χ1n) is 29.9. The topological polar surface area (TPSA) is 78.9 Å². The number of carbonyl (C=O) groups is 3. The minimum absolute atomic E-state index is 0.0616. The number of hydrogen-bond donors (Lipinski definition) is 0. The van der Waals surface area contributed by atoms with Gasteiger partial charge in [0.1, 0.15) is 13.2 Å². The molecule has 6 nitrogen and oxygen atoms in total. The van der Waals surface area contributed by atoms with Crippen molar-refractivity contribution in [3.8, 4) is 0 Å². The minimum Gasteiger partial charge on any atom is -0.462 e. The van der Waals surface area contributed by atoms with Crippen LogP contribution in [0.5, 0.6) is 0 Å². The molecule has 0 aliphatic heterocycles. The van der Waals surface area contributed by atoms with Gasteiger partial charge in [-0.05, 0) is 25.2 Å². The molecule has 0 rings (SSSR count). The fraction of sp³-hybridized carbons (Fsp3) is 0.950. The Morgan fingerprint density at radius 2 is 0.530 bits per heavy atom. The van der Waals surface area contributed by atoms with E-state index in [1.165, 1.54) is 238 Å². The van der Waals surface area contributed by atoms with Gasteiger partial charge in [0.2, 0.25) is 0 Å². The summed E-state index contributed by atoms with van der Waals surface area (Å²) in [5.41, 5.74) is 0.